The molecule has 0 N–H and O–H groups in total. The van der Waals surface area contributed by atoms with Crippen LogP contribution in [0.4, 0.5) is 5.69 Å². The number of hydrogen-bond acceptors (Lipinski definition) is 6. The molecule has 29 heavy (non-hydrogen) atoms. The first-order valence-corrected chi connectivity index (χ1v) is 11.3. The fraction of sp³-hybridized carbons (Fsp3) is 0.478. The minimum absolute atomic E-state index is 0.418. The van der Waals surface area contributed by atoms with Crippen LogP contribution in [0.1, 0.15) is 47.8 Å². The number of benzene rings is 1. The van der Waals surface area contributed by atoms with Crippen molar-refractivity contribution < 1.29 is 4.42 Å². The summed E-state index contributed by atoms with van der Waals surface area (Å²) in [7, 11) is 4.30. The fourth-order valence-corrected chi connectivity index (χ4v) is 5.36. The van der Waals surface area contributed by atoms with Gasteiger partial charge in [-0.3, -0.25) is 0 Å². The third-order valence-corrected chi connectivity index (χ3v) is 7.32. The van der Waals surface area contributed by atoms with Gasteiger partial charge in [-0.25, -0.2) is 4.98 Å². The van der Waals surface area contributed by atoms with Crippen molar-refractivity contribution in [3.8, 4) is 17.2 Å². The topological polar surface area (TPSA) is 56.3 Å². The number of nitriles is 1. The zero-order valence-electron chi connectivity index (χ0n) is 17.5. The number of rotatable bonds is 4. The lowest BCUT2D eigenvalue weighted by Crippen LogP contribution is -2.31. The number of hydrogen-bond donors (Lipinski definition) is 0. The van der Waals surface area contributed by atoms with Gasteiger partial charge in [0.1, 0.15) is 11.6 Å². The van der Waals surface area contributed by atoms with Crippen LogP contribution in [0.5, 0.6) is 0 Å². The number of oxazole rings is 1. The summed E-state index contributed by atoms with van der Waals surface area (Å²) >= 11 is 1.71. The Bertz CT molecular complexity index is 1130. The third-order valence-electron chi connectivity index (χ3n) is 6.46. The summed E-state index contributed by atoms with van der Waals surface area (Å²) in [6, 6.07) is 2.95. The van der Waals surface area contributed by atoms with E-state index in [-0.39, 0.29) is 0 Å². The lowest BCUT2D eigenvalue weighted by Gasteiger charge is -2.25. The van der Waals surface area contributed by atoms with E-state index in [1.165, 1.54) is 11.1 Å². The molecule has 0 bridgehead atoms. The van der Waals surface area contributed by atoms with E-state index in [0.717, 1.165) is 66.2 Å². The summed E-state index contributed by atoms with van der Waals surface area (Å²) in [4.78, 5) is 9.57. The maximum absolute atomic E-state index is 9.99. The first kappa shape index (κ1) is 18.7. The van der Waals surface area contributed by atoms with Gasteiger partial charge in [0.05, 0.1) is 11.3 Å². The van der Waals surface area contributed by atoms with Gasteiger partial charge in [0.2, 0.25) is 0 Å². The van der Waals surface area contributed by atoms with Gasteiger partial charge in [-0.2, -0.15) is 16.6 Å². The van der Waals surface area contributed by atoms with Gasteiger partial charge in [0.25, 0.3) is 0 Å². The van der Waals surface area contributed by atoms with Gasteiger partial charge in [0.15, 0.2) is 11.5 Å². The number of thiophene rings is 1. The summed E-state index contributed by atoms with van der Waals surface area (Å²) in [5.41, 5.74) is 7.93. The Morgan fingerprint density at radius 3 is 2.62 bits per heavy atom. The predicted octanol–water partition coefficient (Wildman–Crippen LogP) is 5.06. The molecule has 1 aromatic carbocycles. The molecular formula is C23H26N4OS. The average molecular weight is 407 g/mol. The lowest BCUT2D eigenvalue weighted by atomic mass is 9.93. The van der Waals surface area contributed by atoms with E-state index in [2.05, 4.69) is 54.6 Å². The Morgan fingerprint density at radius 2 is 2.03 bits per heavy atom. The molecule has 0 radical (unpaired) electrons. The van der Waals surface area contributed by atoms with Crippen LogP contribution in [-0.4, -0.2) is 43.1 Å². The van der Waals surface area contributed by atoms with E-state index in [4.69, 9.17) is 9.40 Å². The second-order valence-electron chi connectivity index (χ2n) is 8.66. The van der Waals surface area contributed by atoms with Crippen molar-refractivity contribution in [3.63, 3.8) is 0 Å². The van der Waals surface area contributed by atoms with Crippen LogP contribution in [-0.2, 0) is 0 Å². The highest BCUT2D eigenvalue weighted by molar-refractivity contribution is 7.08. The Kier molecular flexibility index (Phi) is 4.41. The normalized spacial score (nSPS) is 19.4. The second-order valence-corrected chi connectivity index (χ2v) is 9.40. The molecule has 3 aromatic rings. The molecule has 3 heterocycles. The summed E-state index contributed by atoms with van der Waals surface area (Å²) in [5, 5.41) is 14.4. The molecule has 2 aliphatic rings. The number of anilines is 1. The van der Waals surface area contributed by atoms with Crippen LogP contribution >= 0.6 is 11.3 Å². The molecule has 2 fully saturated rings. The molecule has 1 atom stereocenters. The minimum Gasteiger partial charge on any atom is -0.438 e. The summed E-state index contributed by atoms with van der Waals surface area (Å²) in [5.74, 6) is 1.22. The second kappa shape index (κ2) is 6.86. The third kappa shape index (κ3) is 2.95. The number of aryl methyl sites for hydroxylation is 1. The zero-order valence-corrected chi connectivity index (χ0v) is 18.3. The van der Waals surface area contributed by atoms with Gasteiger partial charge in [0, 0.05) is 30.6 Å². The van der Waals surface area contributed by atoms with E-state index in [1.807, 2.05) is 0 Å². The zero-order chi connectivity index (χ0) is 20.3. The van der Waals surface area contributed by atoms with Gasteiger partial charge in [-0.05, 0) is 74.7 Å². The summed E-state index contributed by atoms with van der Waals surface area (Å²) in [6.45, 7) is 6.16. The highest BCUT2D eigenvalue weighted by atomic mass is 32.1. The van der Waals surface area contributed by atoms with E-state index < -0.39 is 0 Å². The van der Waals surface area contributed by atoms with Crippen LogP contribution in [0.3, 0.4) is 0 Å². The highest BCUT2D eigenvalue weighted by Gasteiger charge is 2.35. The largest absolute Gasteiger partial charge is 0.438 e. The van der Waals surface area contributed by atoms with Gasteiger partial charge in [-0.1, -0.05) is 0 Å². The molecule has 0 unspecified atom stereocenters. The molecule has 1 aliphatic carbocycles. The molecular weight excluding hydrogens is 380 g/mol. The van der Waals surface area contributed by atoms with Crippen molar-refractivity contribution in [2.45, 2.75) is 45.1 Å². The number of nitrogens with zero attached hydrogens (tertiary/aromatic N) is 4. The van der Waals surface area contributed by atoms with Crippen LogP contribution in [0.2, 0.25) is 0 Å². The first-order valence-electron chi connectivity index (χ1n) is 10.3. The molecule has 150 valence electrons. The monoisotopic (exact) mass is 406 g/mol. The Labute approximate surface area is 175 Å². The predicted molar refractivity (Wildman–Crippen MR) is 118 cm³/mol. The average Bonchev–Trinajstić information content (AvgIpc) is 3.08. The Morgan fingerprint density at radius 1 is 1.24 bits per heavy atom. The van der Waals surface area contributed by atoms with Crippen molar-refractivity contribution in [2.24, 2.45) is 0 Å². The highest BCUT2D eigenvalue weighted by Crippen LogP contribution is 2.48. The van der Waals surface area contributed by atoms with Crippen molar-refractivity contribution in [1.29, 1.82) is 5.26 Å². The maximum atomic E-state index is 9.99. The molecule has 0 spiro atoms. The van der Waals surface area contributed by atoms with E-state index >= 15 is 0 Å². The van der Waals surface area contributed by atoms with Gasteiger partial charge in [-0.15, -0.1) is 0 Å². The van der Waals surface area contributed by atoms with Crippen molar-refractivity contribution >= 4 is 28.1 Å². The van der Waals surface area contributed by atoms with E-state index in [1.54, 1.807) is 11.3 Å². The lowest BCUT2D eigenvalue weighted by molar-refractivity contribution is 0.315. The number of likely N-dealkylation sites (N-methyl/N-ethyl adjacent to an activating group) is 1. The minimum atomic E-state index is 0.418. The number of fused-ring (bicyclic) bond motifs is 1. The smallest absolute Gasteiger partial charge is 0.198 e. The maximum Gasteiger partial charge on any atom is 0.198 e. The quantitative estimate of drug-likeness (QED) is 0.606. The Hall–Kier alpha value is -2.36. The molecule has 1 saturated heterocycles. The van der Waals surface area contributed by atoms with E-state index in [0.29, 0.717) is 17.5 Å². The van der Waals surface area contributed by atoms with Gasteiger partial charge < -0.3 is 14.2 Å². The van der Waals surface area contributed by atoms with Crippen LogP contribution < -0.4 is 4.90 Å². The molecule has 5 rings (SSSR count). The van der Waals surface area contributed by atoms with Crippen LogP contribution in [0, 0.1) is 25.2 Å². The standard InChI is InChI=1S/C23H26N4OS/c1-13-11-29-12-18(13)19-14(2)17(9-24)20-22(28-23(25-20)15-5-6-15)21(19)27-8-7-16(10-27)26(3)4/h11-12,15-16H,5-8,10H2,1-4H3/t16-/m0/s1. The Balaban J connectivity index is 1.80. The molecule has 0 amide bonds. The first-order chi connectivity index (χ1) is 14.0. The van der Waals surface area contributed by atoms with Crippen LogP contribution in [0.25, 0.3) is 22.2 Å². The van der Waals surface area contributed by atoms with Crippen molar-refractivity contribution in [1.82, 2.24) is 9.88 Å². The van der Waals surface area contributed by atoms with Crippen LogP contribution in [0.15, 0.2) is 15.2 Å². The summed E-state index contributed by atoms with van der Waals surface area (Å²) < 4.78 is 6.39. The van der Waals surface area contributed by atoms with E-state index in [9.17, 15) is 5.26 Å². The molecule has 6 heteroatoms. The summed E-state index contributed by atoms with van der Waals surface area (Å²) in [6.07, 6.45) is 3.39. The van der Waals surface area contributed by atoms with Crippen molar-refractivity contribution in [2.75, 3.05) is 32.1 Å². The fourth-order valence-electron chi connectivity index (χ4n) is 4.52. The molecule has 2 aromatic heterocycles. The molecule has 5 nitrogen and oxygen atoms in total. The van der Waals surface area contributed by atoms with Crippen molar-refractivity contribution in [3.05, 3.63) is 33.3 Å². The molecule has 1 aliphatic heterocycles. The van der Waals surface area contributed by atoms with Gasteiger partial charge >= 0.3 is 0 Å². The molecule has 1 saturated carbocycles. The SMILES string of the molecule is Cc1cscc1-c1c(C)c(C#N)c2nc(C3CC3)oc2c1N1CC[C@H](N(C)C)C1. The number of aromatic nitrogens is 1.